The fourth-order valence-electron chi connectivity index (χ4n) is 2.17. The zero-order chi connectivity index (χ0) is 12.9. The van der Waals surface area contributed by atoms with E-state index < -0.39 is 11.5 Å². The molecule has 0 bridgehead atoms. The summed E-state index contributed by atoms with van der Waals surface area (Å²) in [5.41, 5.74) is -1.03. The maximum atomic E-state index is 11.9. The lowest BCUT2D eigenvalue weighted by Gasteiger charge is -2.30. The smallest absolute Gasteiger partial charge is 0.329 e. The highest BCUT2D eigenvalue weighted by Crippen LogP contribution is 2.28. The van der Waals surface area contributed by atoms with Crippen molar-refractivity contribution in [2.45, 2.75) is 56.2 Å². The van der Waals surface area contributed by atoms with Crippen LogP contribution >= 0.6 is 11.8 Å². The van der Waals surface area contributed by atoms with Gasteiger partial charge in [0.1, 0.15) is 5.54 Å². The fraction of sp³-hybridized carbons (Fsp3) is 0.833. The average molecular weight is 259 g/mol. The van der Waals surface area contributed by atoms with Gasteiger partial charge in [0.05, 0.1) is 5.25 Å². The molecule has 0 aromatic heterocycles. The van der Waals surface area contributed by atoms with Crippen molar-refractivity contribution in [1.82, 2.24) is 5.32 Å². The van der Waals surface area contributed by atoms with Gasteiger partial charge >= 0.3 is 5.97 Å². The molecule has 5 heteroatoms. The Labute approximate surface area is 107 Å². The molecule has 1 amide bonds. The van der Waals surface area contributed by atoms with Crippen LogP contribution in [0, 0.1) is 0 Å². The molecule has 0 aromatic carbocycles. The van der Waals surface area contributed by atoms with E-state index >= 15 is 0 Å². The third-order valence-electron chi connectivity index (χ3n) is 3.45. The van der Waals surface area contributed by atoms with Gasteiger partial charge in [0, 0.05) is 0 Å². The lowest BCUT2D eigenvalue weighted by molar-refractivity contribution is -0.148. The molecule has 1 saturated carbocycles. The van der Waals surface area contributed by atoms with Crippen LogP contribution in [0.15, 0.2) is 0 Å². The average Bonchev–Trinajstić information content (AvgIpc) is 2.54. The molecule has 17 heavy (non-hydrogen) atoms. The summed E-state index contributed by atoms with van der Waals surface area (Å²) >= 11 is 1.43. The third-order valence-corrected chi connectivity index (χ3v) is 4.37. The van der Waals surface area contributed by atoms with Crippen molar-refractivity contribution in [2.24, 2.45) is 0 Å². The van der Waals surface area contributed by atoms with Gasteiger partial charge in [-0.25, -0.2) is 4.79 Å². The van der Waals surface area contributed by atoms with Crippen molar-refractivity contribution in [1.29, 1.82) is 0 Å². The number of thioether (sulfide) groups is 1. The molecule has 98 valence electrons. The number of hydrogen-bond acceptors (Lipinski definition) is 3. The van der Waals surface area contributed by atoms with E-state index in [1.165, 1.54) is 11.8 Å². The van der Waals surface area contributed by atoms with E-state index in [2.05, 4.69) is 5.32 Å². The van der Waals surface area contributed by atoms with Crippen LogP contribution in [0.2, 0.25) is 0 Å². The number of aliphatic carboxylic acids is 1. The summed E-state index contributed by atoms with van der Waals surface area (Å²) in [4.78, 5) is 23.3. The van der Waals surface area contributed by atoms with Crippen molar-refractivity contribution in [2.75, 3.05) is 6.26 Å². The molecule has 1 fully saturated rings. The van der Waals surface area contributed by atoms with Crippen LogP contribution in [0.1, 0.15) is 45.4 Å². The van der Waals surface area contributed by atoms with Gasteiger partial charge in [0.2, 0.25) is 5.91 Å². The number of nitrogens with one attached hydrogen (secondary N) is 1. The van der Waals surface area contributed by atoms with Gasteiger partial charge in [-0.1, -0.05) is 25.7 Å². The predicted octanol–water partition coefficient (Wildman–Crippen LogP) is 2.03. The zero-order valence-corrected chi connectivity index (χ0v) is 11.3. The maximum absolute atomic E-state index is 11.9. The van der Waals surface area contributed by atoms with E-state index in [1.54, 1.807) is 6.92 Å². The standard InChI is InChI=1S/C12H21NO3S/c1-9(17-2)10(14)13-12(11(15)16)7-5-3-4-6-8-12/h9H,3-8H2,1-2H3,(H,13,14)(H,15,16). The summed E-state index contributed by atoms with van der Waals surface area (Å²) in [6.07, 6.45) is 6.82. The molecule has 0 aliphatic heterocycles. The minimum atomic E-state index is -1.03. The van der Waals surface area contributed by atoms with Crippen LogP contribution < -0.4 is 5.32 Å². The van der Waals surface area contributed by atoms with Gasteiger partial charge in [0.25, 0.3) is 0 Å². The van der Waals surface area contributed by atoms with E-state index in [0.717, 1.165) is 25.7 Å². The number of carboxylic acids is 1. The Morgan fingerprint density at radius 2 is 1.76 bits per heavy atom. The van der Waals surface area contributed by atoms with E-state index in [1.807, 2.05) is 6.26 Å². The van der Waals surface area contributed by atoms with E-state index in [-0.39, 0.29) is 11.2 Å². The fourth-order valence-corrected chi connectivity index (χ4v) is 2.44. The molecule has 2 N–H and O–H groups in total. The minimum Gasteiger partial charge on any atom is -0.480 e. The van der Waals surface area contributed by atoms with Gasteiger partial charge < -0.3 is 10.4 Å². The normalized spacial score (nSPS) is 21.3. The molecule has 1 rings (SSSR count). The summed E-state index contributed by atoms with van der Waals surface area (Å²) in [5.74, 6) is -1.05. The second kappa shape index (κ2) is 6.28. The molecule has 4 nitrogen and oxygen atoms in total. The first kappa shape index (κ1) is 14.4. The van der Waals surface area contributed by atoms with Crippen LogP contribution in [0.4, 0.5) is 0 Å². The highest BCUT2D eigenvalue weighted by molar-refractivity contribution is 7.99. The van der Waals surface area contributed by atoms with Crippen molar-refractivity contribution in [3.8, 4) is 0 Å². The Balaban J connectivity index is 2.77. The number of carbonyl (C=O) groups excluding carboxylic acids is 1. The zero-order valence-electron chi connectivity index (χ0n) is 10.5. The predicted molar refractivity (Wildman–Crippen MR) is 69.2 cm³/mol. The summed E-state index contributed by atoms with van der Waals surface area (Å²) in [7, 11) is 0. The van der Waals surface area contributed by atoms with Crippen molar-refractivity contribution in [3.63, 3.8) is 0 Å². The van der Waals surface area contributed by atoms with Gasteiger partial charge in [-0.2, -0.15) is 11.8 Å². The molecule has 0 spiro atoms. The van der Waals surface area contributed by atoms with Gasteiger partial charge in [-0.05, 0) is 26.0 Å². The van der Waals surface area contributed by atoms with Crippen LogP contribution in [0.3, 0.4) is 0 Å². The largest absolute Gasteiger partial charge is 0.480 e. The first-order valence-corrected chi connectivity index (χ1v) is 7.39. The molecule has 1 aliphatic carbocycles. The van der Waals surface area contributed by atoms with Crippen LogP contribution in [0.25, 0.3) is 0 Å². The first-order chi connectivity index (χ1) is 8.02. The molecular formula is C12H21NO3S. The lowest BCUT2D eigenvalue weighted by Crippen LogP contribution is -2.55. The van der Waals surface area contributed by atoms with Crippen LogP contribution in [-0.2, 0) is 9.59 Å². The molecule has 1 aliphatic rings. The number of hydrogen-bond donors (Lipinski definition) is 2. The second-order valence-electron chi connectivity index (χ2n) is 4.67. The topological polar surface area (TPSA) is 66.4 Å². The highest BCUT2D eigenvalue weighted by Gasteiger charge is 2.40. The van der Waals surface area contributed by atoms with Gasteiger partial charge in [-0.3, -0.25) is 4.79 Å². The van der Waals surface area contributed by atoms with Crippen LogP contribution in [-0.4, -0.2) is 34.0 Å². The van der Waals surface area contributed by atoms with Crippen molar-refractivity contribution >= 4 is 23.6 Å². The van der Waals surface area contributed by atoms with E-state index in [9.17, 15) is 14.7 Å². The number of carboxylic acid groups (broad SMARTS) is 1. The number of rotatable bonds is 4. The highest BCUT2D eigenvalue weighted by atomic mass is 32.2. The molecule has 0 saturated heterocycles. The molecule has 0 radical (unpaired) electrons. The Morgan fingerprint density at radius 3 is 2.18 bits per heavy atom. The first-order valence-electron chi connectivity index (χ1n) is 6.10. The minimum absolute atomic E-state index is 0.165. The van der Waals surface area contributed by atoms with Gasteiger partial charge in [-0.15, -0.1) is 0 Å². The summed E-state index contributed by atoms with van der Waals surface area (Å²) < 4.78 is 0. The monoisotopic (exact) mass is 259 g/mol. The van der Waals surface area contributed by atoms with E-state index in [4.69, 9.17) is 0 Å². The Hall–Kier alpha value is -0.710. The second-order valence-corrected chi connectivity index (χ2v) is 5.85. The Morgan fingerprint density at radius 1 is 1.24 bits per heavy atom. The number of amides is 1. The molecular weight excluding hydrogens is 238 g/mol. The lowest BCUT2D eigenvalue weighted by atomic mass is 9.90. The molecule has 1 unspecified atom stereocenters. The van der Waals surface area contributed by atoms with Gasteiger partial charge in [0.15, 0.2) is 0 Å². The summed E-state index contributed by atoms with van der Waals surface area (Å²) in [6.45, 7) is 1.80. The quantitative estimate of drug-likeness (QED) is 0.758. The van der Waals surface area contributed by atoms with Crippen molar-refractivity contribution in [3.05, 3.63) is 0 Å². The molecule has 0 aromatic rings. The van der Waals surface area contributed by atoms with Crippen LogP contribution in [0.5, 0.6) is 0 Å². The van der Waals surface area contributed by atoms with E-state index in [0.29, 0.717) is 12.8 Å². The third kappa shape index (κ3) is 3.63. The van der Waals surface area contributed by atoms with Crippen molar-refractivity contribution < 1.29 is 14.7 Å². The SMILES string of the molecule is CSC(C)C(=O)NC1(C(=O)O)CCCCCC1. The Bertz CT molecular complexity index is 285. The number of carbonyl (C=O) groups is 2. The molecule has 0 heterocycles. The Kier molecular flexibility index (Phi) is 5.31. The summed E-state index contributed by atoms with van der Waals surface area (Å²) in [5, 5.41) is 12.0. The summed E-state index contributed by atoms with van der Waals surface area (Å²) in [6, 6.07) is 0. The molecule has 1 atom stereocenters. The maximum Gasteiger partial charge on any atom is 0.329 e.